The third-order valence-electron chi connectivity index (χ3n) is 4.10. The van der Waals surface area contributed by atoms with E-state index in [0.29, 0.717) is 38.8 Å². The molecule has 1 heterocycles. The molecule has 146 valence electrons. The molecule has 1 aliphatic rings. The third kappa shape index (κ3) is 4.69. The van der Waals surface area contributed by atoms with Crippen LogP contribution in [0.4, 0.5) is 5.69 Å². The topological polar surface area (TPSA) is 59.9 Å². The highest BCUT2D eigenvalue weighted by molar-refractivity contribution is 8.18. The summed E-state index contributed by atoms with van der Waals surface area (Å²) in [5.74, 6) is 0.920. The fraction of sp³-hybridized carbons (Fsp3) is 0.238. The standard InChI is InChI=1S/C21H21ClN2O3S/c1-4-13-6-8-15(9-7-13)23-21-24-20(25)19(28-21)11-14-10-18(27-5-2)17(26-3)12-16(14)22/h6-12H,4-5H2,1-3H3,(H,23,24,25). The number of amidine groups is 1. The maximum absolute atomic E-state index is 12.3. The molecule has 28 heavy (non-hydrogen) atoms. The third-order valence-corrected chi connectivity index (χ3v) is 5.33. The first-order valence-electron chi connectivity index (χ1n) is 8.92. The first-order chi connectivity index (χ1) is 13.5. The molecule has 2 aromatic carbocycles. The van der Waals surface area contributed by atoms with Crippen LogP contribution in [-0.2, 0) is 11.2 Å². The molecule has 1 N–H and O–H groups in total. The van der Waals surface area contributed by atoms with Gasteiger partial charge in [0.15, 0.2) is 16.7 Å². The number of benzene rings is 2. The number of amides is 1. The summed E-state index contributed by atoms with van der Waals surface area (Å²) < 4.78 is 10.9. The fourth-order valence-corrected chi connectivity index (χ4v) is 3.68. The van der Waals surface area contributed by atoms with Crippen molar-refractivity contribution in [1.29, 1.82) is 0 Å². The minimum absolute atomic E-state index is 0.209. The van der Waals surface area contributed by atoms with Crippen molar-refractivity contribution >= 4 is 46.2 Å². The lowest BCUT2D eigenvalue weighted by molar-refractivity contribution is -0.115. The number of carbonyl (C=O) groups excluding carboxylic acids is 1. The second-order valence-electron chi connectivity index (χ2n) is 5.96. The Hall–Kier alpha value is -2.44. The van der Waals surface area contributed by atoms with Crippen molar-refractivity contribution in [3.05, 3.63) is 57.5 Å². The van der Waals surface area contributed by atoms with E-state index in [2.05, 4.69) is 17.2 Å². The maximum Gasteiger partial charge on any atom is 0.264 e. The summed E-state index contributed by atoms with van der Waals surface area (Å²) in [6.45, 7) is 4.49. The minimum Gasteiger partial charge on any atom is -0.493 e. The van der Waals surface area contributed by atoms with Gasteiger partial charge >= 0.3 is 0 Å². The SMILES string of the molecule is CCOc1cc(C=C2SC(=Nc3ccc(CC)cc3)NC2=O)c(Cl)cc1OC. The van der Waals surface area contributed by atoms with E-state index in [1.54, 1.807) is 25.3 Å². The van der Waals surface area contributed by atoms with E-state index in [-0.39, 0.29) is 5.91 Å². The molecule has 1 fully saturated rings. The zero-order valence-corrected chi connectivity index (χ0v) is 17.5. The van der Waals surface area contributed by atoms with Gasteiger partial charge in [0.25, 0.3) is 5.91 Å². The predicted octanol–water partition coefficient (Wildman–Crippen LogP) is 5.20. The van der Waals surface area contributed by atoms with E-state index in [9.17, 15) is 4.79 Å². The van der Waals surface area contributed by atoms with Crippen LogP contribution in [-0.4, -0.2) is 24.8 Å². The van der Waals surface area contributed by atoms with Crippen LogP contribution in [0.1, 0.15) is 25.0 Å². The molecule has 3 rings (SSSR count). The van der Waals surface area contributed by atoms with Gasteiger partial charge in [0.1, 0.15) is 0 Å². The Labute approximate surface area is 173 Å². The van der Waals surface area contributed by atoms with Gasteiger partial charge in [0.05, 0.1) is 29.3 Å². The van der Waals surface area contributed by atoms with Gasteiger partial charge in [0.2, 0.25) is 0 Å². The van der Waals surface area contributed by atoms with Crippen molar-refractivity contribution in [2.75, 3.05) is 13.7 Å². The van der Waals surface area contributed by atoms with Crippen LogP contribution in [0.5, 0.6) is 11.5 Å². The molecule has 7 heteroatoms. The summed E-state index contributed by atoms with van der Waals surface area (Å²) in [5, 5.41) is 3.80. The number of aliphatic imine (C=N–C) groups is 1. The average molecular weight is 417 g/mol. The van der Waals surface area contributed by atoms with Crippen molar-refractivity contribution < 1.29 is 14.3 Å². The Morgan fingerprint density at radius 1 is 1.18 bits per heavy atom. The number of carbonyl (C=O) groups is 1. The van der Waals surface area contributed by atoms with Crippen LogP contribution < -0.4 is 14.8 Å². The Kier molecular flexibility index (Phi) is 6.65. The monoisotopic (exact) mass is 416 g/mol. The van der Waals surface area contributed by atoms with E-state index in [0.717, 1.165) is 12.1 Å². The largest absolute Gasteiger partial charge is 0.493 e. The summed E-state index contributed by atoms with van der Waals surface area (Å²) in [6.07, 6.45) is 2.70. The number of methoxy groups -OCH3 is 1. The van der Waals surface area contributed by atoms with Gasteiger partial charge < -0.3 is 14.8 Å². The van der Waals surface area contributed by atoms with Gasteiger partial charge in [-0.1, -0.05) is 30.7 Å². The van der Waals surface area contributed by atoms with Gasteiger partial charge in [-0.05, 0) is 60.5 Å². The van der Waals surface area contributed by atoms with Crippen molar-refractivity contribution in [1.82, 2.24) is 5.32 Å². The molecule has 0 unspecified atom stereocenters. The summed E-state index contributed by atoms with van der Waals surface area (Å²) in [6, 6.07) is 11.4. The number of ether oxygens (including phenoxy) is 2. The molecule has 1 saturated heterocycles. The molecule has 0 spiro atoms. The number of nitrogens with one attached hydrogen (secondary N) is 1. The second-order valence-corrected chi connectivity index (χ2v) is 7.40. The number of halogens is 1. The predicted molar refractivity (Wildman–Crippen MR) is 116 cm³/mol. The molecule has 1 aliphatic heterocycles. The highest BCUT2D eigenvalue weighted by Gasteiger charge is 2.24. The Morgan fingerprint density at radius 2 is 1.93 bits per heavy atom. The van der Waals surface area contributed by atoms with Crippen LogP contribution in [0.3, 0.4) is 0 Å². The first-order valence-corrected chi connectivity index (χ1v) is 10.1. The van der Waals surface area contributed by atoms with Gasteiger partial charge in [-0.2, -0.15) is 0 Å². The molecular formula is C21H21ClN2O3S. The lowest BCUT2D eigenvalue weighted by Gasteiger charge is -2.11. The molecule has 0 atom stereocenters. The second kappa shape index (κ2) is 9.17. The molecule has 2 aromatic rings. The summed E-state index contributed by atoms with van der Waals surface area (Å²) in [5.41, 5.74) is 2.71. The van der Waals surface area contributed by atoms with Crippen molar-refractivity contribution in [3.63, 3.8) is 0 Å². The lowest BCUT2D eigenvalue weighted by Crippen LogP contribution is -2.19. The van der Waals surface area contributed by atoms with Crippen LogP contribution >= 0.6 is 23.4 Å². The van der Waals surface area contributed by atoms with Crippen LogP contribution in [0.2, 0.25) is 5.02 Å². The first kappa shape index (κ1) is 20.3. The van der Waals surface area contributed by atoms with Crippen molar-refractivity contribution in [2.45, 2.75) is 20.3 Å². The van der Waals surface area contributed by atoms with E-state index in [4.69, 9.17) is 21.1 Å². The molecule has 0 aromatic heterocycles. The van der Waals surface area contributed by atoms with E-state index in [1.807, 2.05) is 31.2 Å². The summed E-state index contributed by atoms with van der Waals surface area (Å²) in [7, 11) is 1.56. The lowest BCUT2D eigenvalue weighted by atomic mass is 10.1. The Bertz CT molecular complexity index is 939. The Morgan fingerprint density at radius 3 is 2.57 bits per heavy atom. The number of thioether (sulfide) groups is 1. The zero-order valence-electron chi connectivity index (χ0n) is 15.9. The van der Waals surface area contributed by atoms with Crippen LogP contribution in [0.25, 0.3) is 6.08 Å². The van der Waals surface area contributed by atoms with Crippen molar-refractivity contribution in [3.8, 4) is 11.5 Å². The Balaban J connectivity index is 1.85. The van der Waals surface area contributed by atoms with Crippen LogP contribution in [0, 0.1) is 0 Å². The average Bonchev–Trinajstić information content (AvgIpc) is 3.03. The van der Waals surface area contributed by atoms with E-state index in [1.165, 1.54) is 17.3 Å². The number of rotatable bonds is 6. The molecule has 1 amide bonds. The molecule has 5 nitrogen and oxygen atoms in total. The molecular weight excluding hydrogens is 396 g/mol. The smallest absolute Gasteiger partial charge is 0.264 e. The molecule has 0 bridgehead atoms. The van der Waals surface area contributed by atoms with Gasteiger partial charge in [-0.25, -0.2) is 4.99 Å². The van der Waals surface area contributed by atoms with E-state index >= 15 is 0 Å². The molecule has 0 radical (unpaired) electrons. The highest BCUT2D eigenvalue weighted by Crippen LogP contribution is 2.36. The van der Waals surface area contributed by atoms with Gasteiger partial charge in [0, 0.05) is 6.07 Å². The summed E-state index contributed by atoms with van der Waals surface area (Å²) in [4.78, 5) is 17.4. The van der Waals surface area contributed by atoms with E-state index < -0.39 is 0 Å². The number of hydrogen-bond acceptors (Lipinski definition) is 5. The van der Waals surface area contributed by atoms with Gasteiger partial charge in [-0.15, -0.1) is 0 Å². The maximum atomic E-state index is 12.3. The summed E-state index contributed by atoms with van der Waals surface area (Å²) >= 11 is 7.63. The normalized spacial score (nSPS) is 16.5. The molecule has 0 saturated carbocycles. The quantitative estimate of drug-likeness (QED) is 0.657. The fourth-order valence-electron chi connectivity index (χ4n) is 2.63. The van der Waals surface area contributed by atoms with Crippen molar-refractivity contribution in [2.24, 2.45) is 4.99 Å². The number of aryl methyl sites for hydroxylation is 1. The van der Waals surface area contributed by atoms with Crippen LogP contribution in [0.15, 0.2) is 46.3 Å². The zero-order chi connectivity index (χ0) is 20.1. The molecule has 0 aliphatic carbocycles. The minimum atomic E-state index is -0.209. The number of hydrogen-bond donors (Lipinski definition) is 1. The van der Waals surface area contributed by atoms with Gasteiger partial charge in [-0.3, -0.25) is 4.79 Å². The highest BCUT2D eigenvalue weighted by atomic mass is 35.5. The number of nitrogens with zero attached hydrogens (tertiary/aromatic N) is 1.